The Morgan fingerprint density at radius 3 is 2.35 bits per heavy atom. The normalized spacial score (nSPS) is 22.9. The molecule has 2 amide bonds. The molecule has 2 aliphatic heterocycles. The van der Waals surface area contributed by atoms with E-state index >= 15 is 0 Å². The molecular weight excluding hydrogens is 410 g/mol. The second-order valence-electron chi connectivity index (χ2n) is 8.46. The topological polar surface area (TPSA) is 53.5 Å². The third-order valence-corrected chi connectivity index (χ3v) is 7.34. The smallest absolute Gasteiger partial charge is 0.256 e. The minimum absolute atomic E-state index is 0.0203. The number of amides is 2. The number of fused-ring (bicyclic) bond motifs is 4. The van der Waals surface area contributed by atoms with Crippen molar-refractivity contribution in [3.8, 4) is 0 Å². The average molecular weight is 430 g/mol. The zero-order chi connectivity index (χ0) is 21.2. The quantitative estimate of drug-likeness (QED) is 0.612. The van der Waals surface area contributed by atoms with Crippen LogP contribution in [0.2, 0.25) is 5.02 Å². The molecule has 31 heavy (non-hydrogen) atoms. The van der Waals surface area contributed by atoms with Crippen LogP contribution in [-0.2, 0) is 11.1 Å². The molecule has 1 saturated heterocycles. The van der Waals surface area contributed by atoms with E-state index in [1.807, 2.05) is 52.3 Å². The number of hydrogen-bond donors (Lipinski definition) is 0. The van der Waals surface area contributed by atoms with Gasteiger partial charge in [0.2, 0.25) is 0 Å². The maximum absolute atomic E-state index is 13.8. The molecule has 2 aromatic carbocycles. The van der Waals surface area contributed by atoms with E-state index in [-0.39, 0.29) is 17.2 Å². The van der Waals surface area contributed by atoms with E-state index < -0.39 is 5.66 Å². The molecule has 3 aliphatic rings. The Kier molecular flexibility index (Phi) is 3.84. The van der Waals surface area contributed by atoms with Gasteiger partial charge in [0.25, 0.3) is 11.8 Å². The van der Waals surface area contributed by atoms with Gasteiger partial charge in [-0.15, -0.1) is 0 Å². The molecule has 0 radical (unpaired) electrons. The number of aromatic nitrogens is 1. The fourth-order valence-electron chi connectivity index (χ4n) is 5.77. The predicted octanol–water partition coefficient (Wildman–Crippen LogP) is 4.23. The molecule has 1 saturated carbocycles. The largest absolute Gasteiger partial charge is 0.309 e. The van der Waals surface area contributed by atoms with Gasteiger partial charge in [-0.2, -0.15) is 0 Å². The highest BCUT2D eigenvalue weighted by Gasteiger charge is 2.73. The zero-order valence-corrected chi connectivity index (χ0v) is 17.5. The van der Waals surface area contributed by atoms with Crippen molar-refractivity contribution < 1.29 is 9.59 Å². The lowest BCUT2D eigenvalue weighted by Gasteiger charge is -2.53. The molecule has 1 spiro atoms. The number of benzene rings is 2. The summed E-state index contributed by atoms with van der Waals surface area (Å²) < 4.78 is 0. The van der Waals surface area contributed by atoms with Gasteiger partial charge in [-0.3, -0.25) is 14.6 Å². The van der Waals surface area contributed by atoms with Crippen molar-refractivity contribution in [1.29, 1.82) is 0 Å². The number of carbonyl (C=O) groups is 2. The number of pyridine rings is 1. The Morgan fingerprint density at radius 1 is 0.935 bits per heavy atom. The van der Waals surface area contributed by atoms with E-state index in [9.17, 15) is 9.59 Å². The van der Waals surface area contributed by atoms with Crippen LogP contribution in [0.5, 0.6) is 0 Å². The first-order chi connectivity index (χ1) is 15.1. The summed E-state index contributed by atoms with van der Waals surface area (Å²) in [6.45, 7) is 0.972. The summed E-state index contributed by atoms with van der Waals surface area (Å²) in [5, 5.41) is 0.629. The molecule has 3 aromatic rings. The van der Waals surface area contributed by atoms with Crippen molar-refractivity contribution in [2.45, 2.75) is 23.9 Å². The predicted molar refractivity (Wildman–Crippen MR) is 117 cm³/mol. The monoisotopic (exact) mass is 429 g/mol. The second-order valence-corrected chi connectivity index (χ2v) is 8.89. The van der Waals surface area contributed by atoms with Crippen LogP contribution in [0.3, 0.4) is 0 Å². The van der Waals surface area contributed by atoms with Crippen molar-refractivity contribution in [1.82, 2.24) is 14.8 Å². The average Bonchev–Trinajstić information content (AvgIpc) is 3.52. The minimum Gasteiger partial charge on any atom is -0.309 e. The SMILES string of the molecule is O=C(c1ccncc1)N1CCN2C(=O)c3ccccc3C3(CC3)C12c1ccc(Cl)cc1. The summed E-state index contributed by atoms with van der Waals surface area (Å²) in [6.07, 6.45) is 5.08. The number of hydrogen-bond acceptors (Lipinski definition) is 3. The third-order valence-electron chi connectivity index (χ3n) is 7.08. The summed E-state index contributed by atoms with van der Waals surface area (Å²) in [6, 6.07) is 19.0. The molecule has 1 unspecified atom stereocenters. The van der Waals surface area contributed by atoms with Gasteiger partial charge in [-0.1, -0.05) is 41.9 Å². The van der Waals surface area contributed by atoms with Crippen LogP contribution >= 0.6 is 11.6 Å². The van der Waals surface area contributed by atoms with Crippen molar-refractivity contribution >= 4 is 23.4 Å². The fraction of sp³-hybridized carbons (Fsp3) is 0.240. The maximum atomic E-state index is 13.8. The molecule has 2 fully saturated rings. The molecule has 1 atom stereocenters. The van der Waals surface area contributed by atoms with Gasteiger partial charge in [-0.25, -0.2) is 0 Å². The first-order valence-electron chi connectivity index (χ1n) is 10.5. The summed E-state index contributed by atoms with van der Waals surface area (Å²) in [4.78, 5) is 35.4. The van der Waals surface area contributed by atoms with Crippen LogP contribution in [0.25, 0.3) is 0 Å². The molecule has 1 aliphatic carbocycles. The standard InChI is InChI=1S/C25H20ClN3O2/c26-19-7-5-18(6-8-19)25-24(11-12-24)21-4-2-1-3-20(21)23(31)29(25)16-15-28(25)22(30)17-9-13-27-14-10-17/h1-10,13-14H,11-12,15-16H2. The highest BCUT2D eigenvalue weighted by atomic mass is 35.5. The van der Waals surface area contributed by atoms with Crippen LogP contribution in [0.15, 0.2) is 73.1 Å². The van der Waals surface area contributed by atoms with Gasteiger partial charge < -0.3 is 9.80 Å². The highest BCUT2D eigenvalue weighted by molar-refractivity contribution is 6.30. The van der Waals surface area contributed by atoms with Crippen LogP contribution in [0.4, 0.5) is 0 Å². The highest BCUT2D eigenvalue weighted by Crippen LogP contribution is 2.67. The maximum Gasteiger partial charge on any atom is 0.256 e. The summed E-state index contributed by atoms with van der Waals surface area (Å²) in [5.41, 5.74) is 2.10. The van der Waals surface area contributed by atoms with E-state index in [0.717, 1.165) is 29.5 Å². The molecule has 0 bridgehead atoms. The lowest BCUT2D eigenvalue weighted by atomic mass is 9.71. The second kappa shape index (κ2) is 6.41. The molecule has 154 valence electrons. The first kappa shape index (κ1) is 18.6. The molecular formula is C25H20ClN3O2. The van der Waals surface area contributed by atoms with Crippen molar-refractivity contribution in [3.05, 3.63) is 100 Å². The van der Waals surface area contributed by atoms with Crippen molar-refractivity contribution in [3.63, 3.8) is 0 Å². The van der Waals surface area contributed by atoms with Crippen molar-refractivity contribution in [2.75, 3.05) is 13.1 Å². The Balaban J connectivity index is 1.63. The Morgan fingerprint density at radius 2 is 1.65 bits per heavy atom. The Labute approximate surface area is 185 Å². The van der Waals surface area contributed by atoms with Crippen LogP contribution < -0.4 is 0 Å². The molecule has 5 nitrogen and oxygen atoms in total. The summed E-state index contributed by atoms with van der Waals surface area (Å²) >= 11 is 6.21. The van der Waals surface area contributed by atoms with E-state index in [1.54, 1.807) is 24.5 Å². The summed E-state index contributed by atoms with van der Waals surface area (Å²) in [5.74, 6) is -0.105. The molecule has 6 rings (SSSR count). The van der Waals surface area contributed by atoms with E-state index in [4.69, 9.17) is 11.6 Å². The third kappa shape index (κ3) is 2.30. The number of nitrogens with zero attached hydrogens (tertiary/aromatic N) is 3. The van der Waals surface area contributed by atoms with Gasteiger partial charge in [0.15, 0.2) is 5.66 Å². The van der Waals surface area contributed by atoms with Gasteiger partial charge in [0.05, 0.1) is 0 Å². The fourth-order valence-corrected chi connectivity index (χ4v) is 5.89. The van der Waals surface area contributed by atoms with Crippen molar-refractivity contribution in [2.24, 2.45) is 0 Å². The lowest BCUT2D eigenvalue weighted by molar-refractivity contribution is -0.0164. The van der Waals surface area contributed by atoms with Crippen LogP contribution in [0.1, 0.15) is 44.7 Å². The minimum atomic E-state index is -0.872. The number of halogens is 1. The van der Waals surface area contributed by atoms with Crippen LogP contribution in [0, 0.1) is 0 Å². The molecule has 0 N–H and O–H groups in total. The lowest BCUT2D eigenvalue weighted by Crippen LogP contribution is -2.64. The Bertz CT molecular complexity index is 1210. The van der Waals surface area contributed by atoms with Gasteiger partial charge in [-0.05, 0) is 54.3 Å². The first-order valence-corrected chi connectivity index (χ1v) is 10.9. The van der Waals surface area contributed by atoms with Gasteiger partial charge >= 0.3 is 0 Å². The van der Waals surface area contributed by atoms with Gasteiger partial charge in [0, 0.05) is 47.0 Å². The summed E-state index contributed by atoms with van der Waals surface area (Å²) in [7, 11) is 0. The van der Waals surface area contributed by atoms with Crippen LogP contribution in [-0.4, -0.2) is 39.7 Å². The number of carbonyl (C=O) groups excluding carboxylic acids is 2. The Hall–Kier alpha value is -3.18. The van der Waals surface area contributed by atoms with Gasteiger partial charge in [0.1, 0.15) is 0 Å². The molecule has 1 aromatic heterocycles. The number of rotatable bonds is 2. The van der Waals surface area contributed by atoms with E-state index in [2.05, 4.69) is 11.1 Å². The van der Waals surface area contributed by atoms with E-state index in [1.165, 1.54) is 0 Å². The molecule has 3 heterocycles. The zero-order valence-electron chi connectivity index (χ0n) is 16.8. The van der Waals surface area contributed by atoms with E-state index in [0.29, 0.717) is 23.7 Å². The molecule has 6 heteroatoms.